The highest BCUT2D eigenvalue weighted by atomic mass is 19.4. The number of benzene rings is 1. The van der Waals surface area contributed by atoms with Gasteiger partial charge < -0.3 is 4.90 Å². The molecule has 1 aromatic heterocycles. The molecule has 2 aliphatic rings. The van der Waals surface area contributed by atoms with Crippen LogP contribution in [0.5, 0.6) is 0 Å². The SMILES string of the molecule is FC(F)(F)c1ccccc1-c1ccc(N2CCN(C3CC3)CC2)nc1. The summed E-state index contributed by atoms with van der Waals surface area (Å²) in [5, 5.41) is 0. The van der Waals surface area contributed by atoms with Gasteiger partial charge >= 0.3 is 6.18 Å². The van der Waals surface area contributed by atoms with E-state index in [9.17, 15) is 13.2 Å². The van der Waals surface area contributed by atoms with Gasteiger partial charge in [-0.05, 0) is 36.6 Å². The summed E-state index contributed by atoms with van der Waals surface area (Å²) in [6.45, 7) is 3.90. The number of hydrogen-bond acceptors (Lipinski definition) is 3. The molecule has 132 valence electrons. The Morgan fingerprint density at radius 1 is 0.920 bits per heavy atom. The van der Waals surface area contributed by atoms with Crippen molar-refractivity contribution in [2.45, 2.75) is 25.1 Å². The van der Waals surface area contributed by atoms with Crippen molar-refractivity contribution in [1.29, 1.82) is 0 Å². The zero-order valence-corrected chi connectivity index (χ0v) is 13.8. The molecule has 2 aromatic rings. The van der Waals surface area contributed by atoms with Crippen LogP contribution in [0.4, 0.5) is 19.0 Å². The fraction of sp³-hybridized carbons (Fsp3) is 0.421. The summed E-state index contributed by atoms with van der Waals surface area (Å²) in [6.07, 6.45) is -0.196. The Kier molecular flexibility index (Phi) is 4.15. The molecule has 1 aliphatic heterocycles. The first-order chi connectivity index (χ1) is 12.0. The molecule has 0 spiro atoms. The summed E-state index contributed by atoms with van der Waals surface area (Å²) in [5.41, 5.74) is 0.0449. The number of hydrogen-bond donors (Lipinski definition) is 0. The summed E-state index contributed by atoms with van der Waals surface area (Å²) < 4.78 is 39.5. The number of nitrogens with zero attached hydrogens (tertiary/aromatic N) is 3. The average Bonchev–Trinajstić information content (AvgIpc) is 3.47. The zero-order valence-electron chi connectivity index (χ0n) is 13.8. The third kappa shape index (κ3) is 3.49. The number of aromatic nitrogens is 1. The van der Waals surface area contributed by atoms with E-state index in [1.807, 2.05) is 6.07 Å². The molecule has 2 fully saturated rings. The highest BCUT2D eigenvalue weighted by Crippen LogP contribution is 2.37. The summed E-state index contributed by atoms with van der Waals surface area (Å²) >= 11 is 0. The minimum absolute atomic E-state index is 0.174. The number of anilines is 1. The van der Waals surface area contributed by atoms with Gasteiger partial charge in [-0.3, -0.25) is 4.90 Å². The quantitative estimate of drug-likeness (QED) is 0.835. The normalized spacial score (nSPS) is 19.2. The van der Waals surface area contributed by atoms with Gasteiger partial charge in [0.15, 0.2) is 0 Å². The van der Waals surface area contributed by atoms with E-state index in [-0.39, 0.29) is 5.56 Å². The molecule has 4 rings (SSSR count). The first kappa shape index (κ1) is 16.4. The van der Waals surface area contributed by atoms with E-state index in [0.29, 0.717) is 5.56 Å². The lowest BCUT2D eigenvalue weighted by Gasteiger charge is -2.35. The molecule has 0 bridgehead atoms. The van der Waals surface area contributed by atoms with Crippen molar-refractivity contribution in [3.05, 3.63) is 48.2 Å². The van der Waals surface area contributed by atoms with E-state index in [0.717, 1.165) is 44.1 Å². The second-order valence-corrected chi connectivity index (χ2v) is 6.70. The van der Waals surface area contributed by atoms with Gasteiger partial charge in [-0.2, -0.15) is 13.2 Å². The molecule has 1 aliphatic carbocycles. The molecule has 25 heavy (non-hydrogen) atoms. The summed E-state index contributed by atoms with van der Waals surface area (Å²) in [4.78, 5) is 9.15. The highest BCUT2D eigenvalue weighted by molar-refractivity contribution is 5.68. The van der Waals surface area contributed by atoms with E-state index < -0.39 is 11.7 Å². The molecule has 0 N–H and O–H groups in total. The molecule has 0 atom stereocenters. The van der Waals surface area contributed by atoms with Crippen LogP contribution < -0.4 is 4.90 Å². The molecule has 0 amide bonds. The van der Waals surface area contributed by atoms with Gasteiger partial charge in [-0.25, -0.2) is 4.98 Å². The van der Waals surface area contributed by atoms with E-state index in [1.54, 1.807) is 18.3 Å². The number of alkyl halides is 3. The number of rotatable bonds is 3. The predicted octanol–water partition coefficient (Wildman–Crippen LogP) is 4.05. The molecular weight excluding hydrogens is 327 g/mol. The first-order valence-electron chi connectivity index (χ1n) is 8.64. The standard InChI is InChI=1S/C19H20F3N3/c20-19(21,22)17-4-2-1-3-16(17)14-5-8-18(23-13-14)25-11-9-24(10-12-25)15-6-7-15/h1-5,8,13,15H,6-7,9-12H2. The lowest BCUT2D eigenvalue weighted by molar-refractivity contribution is -0.137. The van der Waals surface area contributed by atoms with Crippen molar-refractivity contribution in [3.63, 3.8) is 0 Å². The maximum atomic E-state index is 13.2. The Labute approximate surface area is 145 Å². The fourth-order valence-electron chi connectivity index (χ4n) is 3.47. The van der Waals surface area contributed by atoms with E-state index in [2.05, 4.69) is 14.8 Å². The molecule has 6 heteroatoms. The summed E-state index contributed by atoms with van der Waals surface area (Å²) in [7, 11) is 0. The number of piperazine rings is 1. The molecule has 1 saturated heterocycles. The van der Waals surface area contributed by atoms with Crippen LogP contribution in [0.3, 0.4) is 0 Å². The van der Waals surface area contributed by atoms with Crippen LogP contribution in [0.15, 0.2) is 42.6 Å². The lowest BCUT2D eigenvalue weighted by atomic mass is 10.0. The van der Waals surface area contributed by atoms with Crippen LogP contribution in [0.25, 0.3) is 11.1 Å². The smallest absolute Gasteiger partial charge is 0.354 e. The van der Waals surface area contributed by atoms with Crippen molar-refractivity contribution in [1.82, 2.24) is 9.88 Å². The second kappa shape index (κ2) is 6.33. The van der Waals surface area contributed by atoms with Crippen molar-refractivity contribution < 1.29 is 13.2 Å². The third-order valence-corrected chi connectivity index (χ3v) is 4.99. The van der Waals surface area contributed by atoms with Crippen molar-refractivity contribution in [3.8, 4) is 11.1 Å². The highest BCUT2D eigenvalue weighted by Gasteiger charge is 2.33. The number of pyridine rings is 1. The third-order valence-electron chi connectivity index (χ3n) is 4.99. The first-order valence-corrected chi connectivity index (χ1v) is 8.64. The van der Waals surface area contributed by atoms with E-state index >= 15 is 0 Å². The predicted molar refractivity (Wildman–Crippen MR) is 91.5 cm³/mol. The monoisotopic (exact) mass is 347 g/mol. The zero-order chi connectivity index (χ0) is 17.4. The topological polar surface area (TPSA) is 19.4 Å². The average molecular weight is 347 g/mol. The van der Waals surface area contributed by atoms with Gasteiger partial charge in [0, 0.05) is 44.0 Å². The molecular formula is C19H20F3N3. The maximum absolute atomic E-state index is 13.2. The van der Waals surface area contributed by atoms with Crippen LogP contribution in [0.2, 0.25) is 0 Å². The van der Waals surface area contributed by atoms with E-state index in [4.69, 9.17) is 0 Å². The minimum Gasteiger partial charge on any atom is -0.354 e. The Bertz CT molecular complexity index is 730. The molecule has 0 unspecified atom stereocenters. The van der Waals surface area contributed by atoms with Gasteiger partial charge in [0.25, 0.3) is 0 Å². The van der Waals surface area contributed by atoms with Gasteiger partial charge in [-0.1, -0.05) is 18.2 Å². The Balaban J connectivity index is 1.51. The van der Waals surface area contributed by atoms with Crippen LogP contribution >= 0.6 is 0 Å². The van der Waals surface area contributed by atoms with Gasteiger partial charge in [-0.15, -0.1) is 0 Å². The Hall–Kier alpha value is -2.08. The van der Waals surface area contributed by atoms with Crippen LogP contribution in [0, 0.1) is 0 Å². The minimum atomic E-state index is -4.37. The molecule has 2 heterocycles. The fourth-order valence-corrected chi connectivity index (χ4v) is 3.47. The molecule has 1 aromatic carbocycles. The van der Waals surface area contributed by atoms with E-state index in [1.165, 1.54) is 25.0 Å². The van der Waals surface area contributed by atoms with Crippen LogP contribution in [0.1, 0.15) is 18.4 Å². The summed E-state index contributed by atoms with van der Waals surface area (Å²) in [5.74, 6) is 0.837. The van der Waals surface area contributed by atoms with Crippen LogP contribution in [-0.2, 0) is 6.18 Å². The molecule has 0 radical (unpaired) electrons. The van der Waals surface area contributed by atoms with Crippen LogP contribution in [-0.4, -0.2) is 42.1 Å². The van der Waals surface area contributed by atoms with Crippen molar-refractivity contribution in [2.75, 3.05) is 31.1 Å². The summed E-state index contributed by atoms with van der Waals surface area (Å²) in [6, 6.07) is 9.98. The Morgan fingerprint density at radius 2 is 1.64 bits per heavy atom. The van der Waals surface area contributed by atoms with Gasteiger partial charge in [0.1, 0.15) is 5.82 Å². The molecule has 3 nitrogen and oxygen atoms in total. The van der Waals surface area contributed by atoms with Gasteiger partial charge in [0.05, 0.1) is 5.56 Å². The molecule has 1 saturated carbocycles. The van der Waals surface area contributed by atoms with Crippen molar-refractivity contribution >= 4 is 5.82 Å². The second-order valence-electron chi connectivity index (χ2n) is 6.70. The number of halogens is 3. The largest absolute Gasteiger partial charge is 0.417 e. The van der Waals surface area contributed by atoms with Crippen molar-refractivity contribution in [2.24, 2.45) is 0 Å². The van der Waals surface area contributed by atoms with Gasteiger partial charge in [0.2, 0.25) is 0 Å². The lowest BCUT2D eigenvalue weighted by Crippen LogP contribution is -2.47. The Morgan fingerprint density at radius 3 is 2.24 bits per heavy atom. The maximum Gasteiger partial charge on any atom is 0.417 e.